The van der Waals surface area contributed by atoms with Gasteiger partial charge in [-0.25, -0.2) is 13.1 Å². The van der Waals surface area contributed by atoms with Crippen LogP contribution in [0.25, 0.3) is 0 Å². The van der Waals surface area contributed by atoms with Crippen LogP contribution in [-0.2, 0) is 10.0 Å². The zero-order valence-corrected chi connectivity index (χ0v) is 12.1. The van der Waals surface area contributed by atoms with Crippen LogP contribution in [-0.4, -0.2) is 20.3 Å². The quantitative estimate of drug-likeness (QED) is 0.850. The second kappa shape index (κ2) is 5.69. The Bertz CT molecular complexity index is 442. The van der Waals surface area contributed by atoms with Gasteiger partial charge in [-0.2, -0.15) is 0 Å². The molecule has 1 atom stereocenters. The van der Waals surface area contributed by atoms with Crippen LogP contribution in [0.5, 0.6) is 0 Å². The summed E-state index contributed by atoms with van der Waals surface area (Å²) >= 11 is 12.4. The molecule has 0 aliphatic heterocycles. The first-order valence-corrected chi connectivity index (χ1v) is 7.91. The Balaban J connectivity index is 2.87. The van der Waals surface area contributed by atoms with Crippen LogP contribution in [0.3, 0.4) is 0 Å². The first-order valence-electron chi connectivity index (χ1n) is 4.70. The van der Waals surface area contributed by atoms with Gasteiger partial charge in [-0.3, -0.25) is 0 Å². The molecule has 7 heteroatoms. The fraction of sp³-hybridized carbons (Fsp3) is 0.556. The maximum absolute atomic E-state index is 11.9. The molecule has 0 amide bonds. The van der Waals surface area contributed by atoms with E-state index >= 15 is 0 Å². The van der Waals surface area contributed by atoms with Crippen LogP contribution in [0.4, 0.5) is 0 Å². The fourth-order valence-corrected chi connectivity index (χ4v) is 4.45. The molecule has 0 aliphatic carbocycles. The maximum Gasteiger partial charge on any atom is 0.250 e. The predicted octanol–water partition coefficient (Wildman–Crippen LogP) is 2.94. The third kappa shape index (κ3) is 3.60. The molecule has 0 spiro atoms. The lowest BCUT2D eigenvalue weighted by atomic mass is 10.1. The highest BCUT2D eigenvalue weighted by Gasteiger charge is 2.23. The van der Waals surface area contributed by atoms with Crippen LogP contribution in [0.2, 0.25) is 4.34 Å². The number of rotatable bonds is 5. The average molecular weight is 302 g/mol. The van der Waals surface area contributed by atoms with Crippen molar-refractivity contribution in [3.05, 3.63) is 16.5 Å². The SMILES string of the molecule is CC(C)C(CCl)NS(=O)(=O)c1ccc(Cl)s1. The minimum absolute atomic E-state index is 0.141. The van der Waals surface area contributed by atoms with Crippen LogP contribution in [0.15, 0.2) is 16.3 Å². The van der Waals surface area contributed by atoms with E-state index < -0.39 is 10.0 Å². The van der Waals surface area contributed by atoms with Crippen molar-refractivity contribution in [2.24, 2.45) is 5.92 Å². The van der Waals surface area contributed by atoms with Crippen molar-refractivity contribution < 1.29 is 8.42 Å². The van der Waals surface area contributed by atoms with Crippen LogP contribution >= 0.6 is 34.5 Å². The number of hydrogen-bond acceptors (Lipinski definition) is 3. The molecule has 1 aromatic heterocycles. The Hall–Kier alpha value is 0.190. The molecular formula is C9H13Cl2NO2S2. The highest BCUT2D eigenvalue weighted by Crippen LogP contribution is 2.25. The summed E-state index contributed by atoms with van der Waals surface area (Å²) < 4.78 is 27.0. The van der Waals surface area contributed by atoms with Crippen LogP contribution < -0.4 is 4.72 Å². The van der Waals surface area contributed by atoms with Gasteiger partial charge in [0.15, 0.2) is 0 Å². The topological polar surface area (TPSA) is 46.2 Å². The summed E-state index contributed by atoms with van der Waals surface area (Å²) in [6, 6.07) is 2.78. The van der Waals surface area contributed by atoms with E-state index in [-0.39, 0.29) is 22.0 Å². The molecule has 1 rings (SSSR count). The highest BCUT2D eigenvalue weighted by molar-refractivity contribution is 7.91. The van der Waals surface area contributed by atoms with E-state index in [9.17, 15) is 8.42 Å². The summed E-state index contributed by atoms with van der Waals surface area (Å²) in [6.45, 7) is 3.83. The molecule has 0 bridgehead atoms. The predicted molar refractivity (Wildman–Crippen MR) is 69.0 cm³/mol. The van der Waals surface area contributed by atoms with Gasteiger partial charge in [0.05, 0.1) is 4.34 Å². The van der Waals surface area contributed by atoms with Crippen molar-refractivity contribution >= 4 is 44.6 Å². The number of hydrogen-bond donors (Lipinski definition) is 1. The van der Waals surface area contributed by atoms with Gasteiger partial charge >= 0.3 is 0 Å². The van der Waals surface area contributed by atoms with Crippen molar-refractivity contribution in [2.45, 2.75) is 24.1 Å². The normalized spacial score (nSPS) is 14.3. The molecule has 0 saturated carbocycles. The first-order chi connectivity index (χ1) is 7.36. The van der Waals surface area contributed by atoms with Crippen molar-refractivity contribution in [1.82, 2.24) is 4.72 Å². The van der Waals surface area contributed by atoms with Gasteiger partial charge in [-0.15, -0.1) is 22.9 Å². The number of nitrogens with one attached hydrogen (secondary N) is 1. The standard InChI is InChI=1S/C9H13Cl2NO2S2/c1-6(2)7(5-10)12-16(13,14)9-4-3-8(11)15-9/h3-4,6-7,12H,5H2,1-2H3. The van der Waals surface area contributed by atoms with Crippen LogP contribution in [0, 0.1) is 5.92 Å². The second-order valence-electron chi connectivity index (χ2n) is 3.68. The summed E-state index contributed by atoms with van der Waals surface area (Å²) in [5, 5.41) is 0. The molecule has 1 N–H and O–H groups in total. The lowest BCUT2D eigenvalue weighted by molar-refractivity contribution is 0.481. The summed E-state index contributed by atoms with van der Waals surface area (Å²) in [7, 11) is -3.50. The van der Waals surface area contributed by atoms with Gasteiger partial charge < -0.3 is 0 Å². The molecule has 1 heterocycles. The van der Waals surface area contributed by atoms with E-state index in [2.05, 4.69) is 4.72 Å². The summed E-state index contributed by atoms with van der Waals surface area (Å²) in [4.78, 5) is 0. The summed E-state index contributed by atoms with van der Waals surface area (Å²) in [5.41, 5.74) is 0. The lowest BCUT2D eigenvalue weighted by Crippen LogP contribution is -2.39. The molecule has 92 valence electrons. The van der Waals surface area contributed by atoms with E-state index in [0.717, 1.165) is 11.3 Å². The third-order valence-corrected chi connectivity index (χ3v) is 5.64. The number of halogens is 2. The Kier molecular flexibility index (Phi) is 5.07. The van der Waals surface area contributed by atoms with Crippen LogP contribution in [0.1, 0.15) is 13.8 Å². The van der Waals surface area contributed by atoms with E-state index in [4.69, 9.17) is 23.2 Å². The Morgan fingerprint density at radius 2 is 2.06 bits per heavy atom. The van der Waals surface area contributed by atoms with Gasteiger partial charge in [0.25, 0.3) is 0 Å². The molecule has 0 saturated heterocycles. The third-order valence-electron chi connectivity index (χ3n) is 2.09. The monoisotopic (exact) mass is 301 g/mol. The van der Waals surface area contributed by atoms with Gasteiger partial charge in [0.1, 0.15) is 4.21 Å². The molecule has 0 radical (unpaired) electrons. The summed E-state index contributed by atoms with van der Waals surface area (Å²) in [5.74, 6) is 0.387. The summed E-state index contributed by atoms with van der Waals surface area (Å²) in [6.07, 6.45) is 0. The minimum atomic E-state index is -3.50. The molecule has 0 aliphatic rings. The largest absolute Gasteiger partial charge is 0.250 e. The lowest BCUT2D eigenvalue weighted by Gasteiger charge is -2.18. The Morgan fingerprint density at radius 1 is 1.44 bits per heavy atom. The van der Waals surface area contributed by atoms with E-state index in [1.807, 2.05) is 13.8 Å². The van der Waals surface area contributed by atoms with Crippen molar-refractivity contribution in [1.29, 1.82) is 0 Å². The van der Waals surface area contributed by atoms with Gasteiger partial charge in [-0.05, 0) is 18.1 Å². The van der Waals surface area contributed by atoms with Gasteiger partial charge in [0.2, 0.25) is 10.0 Å². The Morgan fingerprint density at radius 3 is 2.44 bits per heavy atom. The molecule has 16 heavy (non-hydrogen) atoms. The smallest absolute Gasteiger partial charge is 0.206 e. The molecule has 0 aromatic carbocycles. The van der Waals surface area contributed by atoms with Crippen molar-refractivity contribution in [3.63, 3.8) is 0 Å². The number of thiophene rings is 1. The second-order valence-corrected chi connectivity index (χ2v) is 7.65. The van der Waals surface area contributed by atoms with E-state index in [0.29, 0.717) is 4.34 Å². The van der Waals surface area contributed by atoms with Gasteiger partial charge in [0, 0.05) is 11.9 Å². The first kappa shape index (κ1) is 14.3. The van der Waals surface area contributed by atoms with Crippen molar-refractivity contribution in [3.8, 4) is 0 Å². The zero-order chi connectivity index (χ0) is 12.3. The highest BCUT2D eigenvalue weighted by atomic mass is 35.5. The van der Waals surface area contributed by atoms with E-state index in [1.54, 1.807) is 6.07 Å². The number of sulfonamides is 1. The van der Waals surface area contributed by atoms with Gasteiger partial charge in [-0.1, -0.05) is 25.4 Å². The van der Waals surface area contributed by atoms with E-state index in [1.165, 1.54) is 6.07 Å². The molecule has 1 aromatic rings. The minimum Gasteiger partial charge on any atom is -0.206 e. The Labute approximate surface area is 110 Å². The molecule has 3 nitrogen and oxygen atoms in total. The molecular weight excluding hydrogens is 289 g/mol. The maximum atomic E-state index is 11.9. The molecule has 1 unspecified atom stereocenters. The zero-order valence-electron chi connectivity index (χ0n) is 8.91. The average Bonchev–Trinajstić information content (AvgIpc) is 2.61. The van der Waals surface area contributed by atoms with Crippen molar-refractivity contribution in [2.75, 3.05) is 5.88 Å². The fourth-order valence-electron chi connectivity index (χ4n) is 1.05. The molecule has 0 fully saturated rings. The number of alkyl halides is 1.